The predicted octanol–water partition coefficient (Wildman–Crippen LogP) is 3.33. The monoisotopic (exact) mass is 330 g/mol. The Bertz CT molecular complexity index is 566. The van der Waals surface area contributed by atoms with E-state index in [0.717, 1.165) is 38.6 Å². The fraction of sp³-hybridized carbons (Fsp3) is 0.389. The van der Waals surface area contributed by atoms with Gasteiger partial charge in [0, 0.05) is 37.2 Å². The number of hydrogen-bond donors (Lipinski definition) is 2. The van der Waals surface area contributed by atoms with Crippen molar-refractivity contribution in [2.24, 2.45) is 4.99 Å². The van der Waals surface area contributed by atoms with Gasteiger partial charge in [0.05, 0.1) is 6.54 Å². The molecule has 1 aromatic heterocycles. The summed E-state index contributed by atoms with van der Waals surface area (Å²) in [5, 5.41) is 8.81. The highest BCUT2D eigenvalue weighted by atomic mass is 32.1. The SMILES string of the molecule is CCN(CCCNC(=NC)NCc1cccs1)c1ccccc1. The highest BCUT2D eigenvalue weighted by Gasteiger charge is 2.03. The third-order valence-corrected chi connectivity index (χ3v) is 4.51. The summed E-state index contributed by atoms with van der Waals surface area (Å²) in [6, 6.07) is 14.8. The molecule has 1 aromatic carbocycles. The van der Waals surface area contributed by atoms with Crippen LogP contribution in [0.4, 0.5) is 5.69 Å². The van der Waals surface area contributed by atoms with Gasteiger partial charge >= 0.3 is 0 Å². The molecule has 0 unspecified atom stereocenters. The first-order valence-electron chi connectivity index (χ1n) is 8.10. The minimum absolute atomic E-state index is 0.822. The number of hydrogen-bond acceptors (Lipinski definition) is 3. The van der Waals surface area contributed by atoms with Gasteiger partial charge in [-0.3, -0.25) is 4.99 Å². The molecule has 0 saturated carbocycles. The van der Waals surface area contributed by atoms with Crippen molar-refractivity contribution in [1.82, 2.24) is 10.6 Å². The molecule has 0 fully saturated rings. The van der Waals surface area contributed by atoms with E-state index >= 15 is 0 Å². The molecule has 0 radical (unpaired) electrons. The number of nitrogens with zero attached hydrogens (tertiary/aromatic N) is 2. The molecule has 0 aliphatic carbocycles. The quantitative estimate of drug-likeness (QED) is 0.443. The Hall–Kier alpha value is -2.01. The van der Waals surface area contributed by atoms with Crippen LogP contribution in [0, 0.1) is 0 Å². The second-order valence-electron chi connectivity index (χ2n) is 5.20. The lowest BCUT2D eigenvalue weighted by atomic mass is 10.2. The van der Waals surface area contributed by atoms with Crippen LogP contribution in [0.5, 0.6) is 0 Å². The normalized spacial score (nSPS) is 11.3. The molecular formula is C18H26N4S. The van der Waals surface area contributed by atoms with Crippen molar-refractivity contribution in [2.45, 2.75) is 19.9 Å². The number of anilines is 1. The van der Waals surface area contributed by atoms with Gasteiger partial charge in [-0.15, -0.1) is 11.3 Å². The first kappa shape index (κ1) is 17.3. The molecule has 1 heterocycles. The Labute approximate surface area is 143 Å². The van der Waals surface area contributed by atoms with E-state index in [1.807, 2.05) is 7.05 Å². The van der Waals surface area contributed by atoms with Crippen molar-refractivity contribution in [3.05, 3.63) is 52.7 Å². The maximum atomic E-state index is 4.27. The molecule has 0 bridgehead atoms. The standard InChI is InChI=1S/C18H26N4S/c1-3-22(16-9-5-4-6-10-16)13-8-12-20-18(19-2)21-15-17-11-7-14-23-17/h4-7,9-11,14H,3,8,12-13,15H2,1-2H3,(H2,19,20,21). The molecule has 0 aliphatic heterocycles. The molecule has 2 N–H and O–H groups in total. The zero-order valence-corrected chi connectivity index (χ0v) is 14.8. The van der Waals surface area contributed by atoms with Gasteiger partial charge in [0.15, 0.2) is 5.96 Å². The number of guanidine groups is 1. The minimum atomic E-state index is 0.822. The molecule has 0 atom stereocenters. The van der Waals surface area contributed by atoms with Crippen LogP contribution >= 0.6 is 11.3 Å². The van der Waals surface area contributed by atoms with Gasteiger partial charge in [0.2, 0.25) is 0 Å². The van der Waals surface area contributed by atoms with Gasteiger partial charge in [0.25, 0.3) is 0 Å². The van der Waals surface area contributed by atoms with Crippen LogP contribution in [0.1, 0.15) is 18.2 Å². The van der Waals surface area contributed by atoms with E-state index in [2.05, 4.69) is 75.3 Å². The van der Waals surface area contributed by atoms with E-state index in [4.69, 9.17) is 0 Å². The number of thiophene rings is 1. The van der Waals surface area contributed by atoms with Gasteiger partial charge in [-0.2, -0.15) is 0 Å². The Morgan fingerprint density at radius 1 is 1.13 bits per heavy atom. The topological polar surface area (TPSA) is 39.7 Å². The molecule has 0 amide bonds. The van der Waals surface area contributed by atoms with E-state index in [1.54, 1.807) is 11.3 Å². The summed E-state index contributed by atoms with van der Waals surface area (Å²) in [7, 11) is 1.81. The van der Waals surface area contributed by atoms with Gasteiger partial charge in [-0.25, -0.2) is 0 Å². The average molecular weight is 331 g/mol. The Morgan fingerprint density at radius 2 is 1.96 bits per heavy atom. The molecule has 2 rings (SSSR count). The molecule has 4 nitrogen and oxygen atoms in total. The lowest BCUT2D eigenvalue weighted by Gasteiger charge is -2.23. The van der Waals surface area contributed by atoms with Crippen molar-refractivity contribution in [2.75, 3.05) is 31.6 Å². The minimum Gasteiger partial charge on any atom is -0.372 e. The highest BCUT2D eigenvalue weighted by molar-refractivity contribution is 7.09. The van der Waals surface area contributed by atoms with Gasteiger partial charge < -0.3 is 15.5 Å². The summed E-state index contributed by atoms with van der Waals surface area (Å²) in [4.78, 5) is 7.97. The zero-order valence-electron chi connectivity index (χ0n) is 14.0. The number of benzene rings is 1. The average Bonchev–Trinajstić information content (AvgIpc) is 3.12. The second-order valence-corrected chi connectivity index (χ2v) is 6.23. The van der Waals surface area contributed by atoms with Crippen molar-refractivity contribution >= 4 is 23.0 Å². The van der Waals surface area contributed by atoms with E-state index < -0.39 is 0 Å². The van der Waals surface area contributed by atoms with Crippen LogP contribution in [0.3, 0.4) is 0 Å². The summed E-state index contributed by atoms with van der Waals surface area (Å²) < 4.78 is 0. The van der Waals surface area contributed by atoms with Gasteiger partial charge in [-0.05, 0) is 36.9 Å². The maximum Gasteiger partial charge on any atom is 0.191 e. The van der Waals surface area contributed by atoms with Crippen LogP contribution in [-0.2, 0) is 6.54 Å². The highest BCUT2D eigenvalue weighted by Crippen LogP contribution is 2.12. The summed E-state index contributed by atoms with van der Waals surface area (Å²) in [6.45, 7) is 5.99. The van der Waals surface area contributed by atoms with E-state index in [0.29, 0.717) is 0 Å². The Morgan fingerprint density at radius 3 is 2.61 bits per heavy atom. The fourth-order valence-electron chi connectivity index (χ4n) is 2.39. The molecule has 0 saturated heterocycles. The number of nitrogens with one attached hydrogen (secondary N) is 2. The lowest BCUT2D eigenvalue weighted by Crippen LogP contribution is -2.38. The number of rotatable bonds is 8. The third kappa shape index (κ3) is 5.94. The molecule has 23 heavy (non-hydrogen) atoms. The van der Waals surface area contributed by atoms with Crippen molar-refractivity contribution in [3.8, 4) is 0 Å². The summed E-state index contributed by atoms with van der Waals surface area (Å²) >= 11 is 1.76. The largest absolute Gasteiger partial charge is 0.372 e. The summed E-state index contributed by atoms with van der Waals surface area (Å²) in [5.41, 5.74) is 1.29. The van der Waals surface area contributed by atoms with Crippen LogP contribution < -0.4 is 15.5 Å². The molecule has 2 aromatic rings. The first-order chi connectivity index (χ1) is 11.3. The Balaban J connectivity index is 1.68. The first-order valence-corrected chi connectivity index (χ1v) is 8.98. The van der Waals surface area contributed by atoms with E-state index in [1.165, 1.54) is 10.6 Å². The fourth-order valence-corrected chi connectivity index (χ4v) is 3.03. The molecule has 0 spiro atoms. The number of para-hydroxylation sites is 1. The van der Waals surface area contributed by atoms with E-state index in [-0.39, 0.29) is 0 Å². The van der Waals surface area contributed by atoms with Crippen LogP contribution in [0.25, 0.3) is 0 Å². The molecule has 5 heteroatoms. The van der Waals surface area contributed by atoms with E-state index in [9.17, 15) is 0 Å². The van der Waals surface area contributed by atoms with Crippen LogP contribution in [0.2, 0.25) is 0 Å². The lowest BCUT2D eigenvalue weighted by molar-refractivity contribution is 0.709. The van der Waals surface area contributed by atoms with Crippen LogP contribution in [-0.4, -0.2) is 32.6 Å². The number of aliphatic imine (C=N–C) groups is 1. The predicted molar refractivity (Wildman–Crippen MR) is 101 cm³/mol. The second kappa shape index (κ2) is 9.90. The maximum absolute atomic E-state index is 4.27. The Kier molecular flexibility index (Phi) is 7.46. The van der Waals surface area contributed by atoms with Gasteiger partial charge in [-0.1, -0.05) is 24.3 Å². The summed E-state index contributed by atoms with van der Waals surface area (Å²) in [6.07, 6.45) is 1.07. The third-order valence-electron chi connectivity index (χ3n) is 3.63. The van der Waals surface area contributed by atoms with Crippen molar-refractivity contribution in [1.29, 1.82) is 0 Å². The van der Waals surface area contributed by atoms with Crippen LogP contribution in [0.15, 0.2) is 52.8 Å². The zero-order chi connectivity index (χ0) is 16.3. The van der Waals surface area contributed by atoms with Crippen molar-refractivity contribution in [3.63, 3.8) is 0 Å². The molecule has 0 aliphatic rings. The molecule has 124 valence electrons. The summed E-state index contributed by atoms with van der Waals surface area (Å²) in [5.74, 6) is 0.862. The smallest absolute Gasteiger partial charge is 0.191 e. The molecular weight excluding hydrogens is 304 g/mol. The van der Waals surface area contributed by atoms with Crippen molar-refractivity contribution < 1.29 is 0 Å². The van der Waals surface area contributed by atoms with Gasteiger partial charge in [0.1, 0.15) is 0 Å².